The average molecular weight is 126 g/mol. The van der Waals surface area contributed by atoms with Crippen LogP contribution in [0.3, 0.4) is 0 Å². The third-order valence-corrected chi connectivity index (χ3v) is 0.954. The minimum atomic E-state index is 0.236. The number of nitriles is 1. The summed E-state index contributed by atoms with van der Waals surface area (Å²) in [7, 11) is 0. The van der Waals surface area contributed by atoms with Crippen LogP contribution in [0.25, 0.3) is 0 Å². The van der Waals surface area contributed by atoms with Gasteiger partial charge in [0.2, 0.25) is 0 Å². The molecular weight excluding hydrogens is 124 g/mol. The zero-order valence-corrected chi connectivity index (χ0v) is 4.62. The first kappa shape index (κ1) is 5.00. The monoisotopic (exact) mass is 126 g/mol. The maximum atomic E-state index is 8.19. The fourth-order valence-corrected chi connectivity index (χ4v) is 0.457. The molecule has 0 spiro atoms. The van der Waals surface area contributed by atoms with Gasteiger partial charge in [-0.05, 0) is 0 Å². The zero-order valence-electron chi connectivity index (χ0n) is 3.80. The van der Waals surface area contributed by atoms with Crippen molar-refractivity contribution in [1.29, 1.82) is 5.26 Å². The van der Waals surface area contributed by atoms with Gasteiger partial charge in [-0.3, -0.25) is 5.10 Å². The van der Waals surface area contributed by atoms with E-state index in [1.54, 1.807) is 6.07 Å². The third-order valence-electron chi connectivity index (χ3n) is 0.658. The van der Waals surface area contributed by atoms with Crippen LogP contribution in [0.4, 0.5) is 0 Å². The van der Waals surface area contributed by atoms with Gasteiger partial charge in [-0.2, -0.15) is 5.26 Å². The van der Waals surface area contributed by atoms with Gasteiger partial charge in [0.05, 0.1) is 0 Å². The standard InChI is InChI=1S/C3H2N4S/c4-1-2-3(8)6-7-5-2/h(H2,5,6,7,8). The minimum absolute atomic E-state index is 0.236. The number of hydrogen-bond donors (Lipinski definition) is 2. The van der Waals surface area contributed by atoms with Crippen molar-refractivity contribution in [2.75, 3.05) is 0 Å². The lowest BCUT2D eigenvalue weighted by Crippen LogP contribution is -1.70. The van der Waals surface area contributed by atoms with Gasteiger partial charge in [-0.1, -0.05) is 12.2 Å². The van der Waals surface area contributed by atoms with Gasteiger partial charge < -0.3 is 0 Å². The van der Waals surface area contributed by atoms with Gasteiger partial charge in [0.1, 0.15) is 6.07 Å². The SMILES string of the molecule is N#Cc1n[nH][nH]c1=S. The van der Waals surface area contributed by atoms with Crippen LogP contribution >= 0.6 is 12.2 Å². The van der Waals surface area contributed by atoms with Crippen molar-refractivity contribution >= 4 is 12.2 Å². The minimum Gasteiger partial charge on any atom is -0.272 e. The van der Waals surface area contributed by atoms with E-state index in [4.69, 9.17) is 5.26 Å². The maximum absolute atomic E-state index is 8.19. The maximum Gasteiger partial charge on any atom is 0.198 e. The molecule has 8 heavy (non-hydrogen) atoms. The molecule has 0 aromatic carbocycles. The van der Waals surface area contributed by atoms with Crippen LogP contribution < -0.4 is 0 Å². The van der Waals surface area contributed by atoms with E-state index >= 15 is 0 Å². The van der Waals surface area contributed by atoms with Crippen molar-refractivity contribution in [1.82, 2.24) is 15.4 Å². The van der Waals surface area contributed by atoms with Gasteiger partial charge in [-0.25, -0.2) is 5.21 Å². The normalized spacial score (nSPS) is 8.38. The summed E-state index contributed by atoms with van der Waals surface area (Å²) in [5.41, 5.74) is 0.236. The van der Waals surface area contributed by atoms with Crippen LogP contribution in [0.15, 0.2) is 0 Å². The van der Waals surface area contributed by atoms with Crippen LogP contribution in [0, 0.1) is 16.0 Å². The summed E-state index contributed by atoms with van der Waals surface area (Å²) < 4.78 is 0.354. The number of hydrogen-bond acceptors (Lipinski definition) is 3. The van der Waals surface area contributed by atoms with E-state index in [0.29, 0.717) is 4.64 Å². The van der Waals surface area contributed by atoms with Gasteiger partial charge in [0.25, 0.3) is 0 Å². The van der Waals surface area contributed by atoms with Gasteiger partial charge in [0, 0.05) is 0 Å². The van der Waals surface area contributed by atoms with Crippen LogP contribution in [0.5, 0.6) is 0 Å². The highest BCUT2D eigenvalue weighted by Crippen LogP contribution is 1.86. The topological polar surface area (TPSA) is 68.3 Å². The Morgan fingerprint density at radius 2 is 2.50 bits per heavy atom. The molecule has 0 aliphatic rings. The summed E-state index contributed by atoms with van der Waals surface area (Å²) in [5, 5.41) is 16.5. The second-order valence-electron chi connectivity index (χ2n) is 1.14. The molecule has 5 heteroatoms. The Labute approximate surface area is 50.1 Å². The summed E-state index contributed by atoms with van der Waals surface area (Å²) in [4.78, 5) is 0. The number of nitrogens with zero attached hydrogens (tertiary/aromatic N) is 2. The molecule has 0 unspecified atom stereocenters. The largest absolute Gasteiger partial charge is 0.272 e. The van der Waals surface area contributed by atoms with Crippen molar-refractivity contribution in [3.8, 4) is 6.07 Å². The number of nitrogens with one attached hydrogen (secondary N) is 2. The van der Waals surface area contributed by atoms with Crippen molar-refractivity contribution in [3.63, 3.8) is 0 Å². The van der Waals surface area contributed by atoms with E-state index < -0.39 is 0 Å². The van der Waals surface area contributed by atoms with E-state index in [9.17, 15) is 0 Å². The molecule has 2 N–H and O–H groups in total. The fraction of sp³-hybridized carbons (Fsp3) is 0. The summed E-state index contributed by atoms with van der Waals surface area (Å²) in [6.45, 7) is 0. The molecule has 40 valence electrons. The molecule has 0 amide bonds. The first-order chi connectivity index (χ1) is 3.84. The second-order valence-corrected chi connectivity index (χ2v) is 1.55. The molecule has 0 aliphatic carbocycles. The fourth-order valence-electron chi connectivity index (χ4n) is 0.320. The molecule has 4 nitrogen and oxygen atoms in total. The van der Waals surface area contributed by atoms with E-state index in [1.165, 1.54) is 0 Å². The van der Waals surface area contributed by atoms with Crippen molar-refractivity contribution in [2.45, 2.75) is 0 Å². The molecule has 0 saturated carbocycles. The molecular formula is C3H2N4S. The lowest BCUT2D eigenvalue weighted by atomic mass is 10.6. The molecule has 1 heterocycles. The Kier molecular flexibility index (Phi) is 1.10. The average Bonchev–Trinajstić information content (AvgIpc) is 2.14. The van der Waals surface area contributed by atoms with E-state index in [2.05, 4.69) is 27.6 Å². The first-order valence-electron chi connectivity index (χ1n) is 1.87. The van der Waals surface area contributed by atoms with Crippen LogP contribution in [0.1, 0.15) is 5.69 Å². The highest BCUT2D eigenvalue weighted by molar-refractivity contribution is 7.71. The highest BCUT2D eigenvalue weighted by atomic mass is 32.1. The van der Waals surface area contributed by atoms with E-state index in [-0.39, 0.29) is 5.69 Å². The van der Waals surface area contributed by atoms with Crippen LogP contribution in [-0.2, 0) is 0 Å². The number of H-pyrrole nitrogens is 2. The number of aromatic nitrogens is 3. The first-order valence-corrected chi connectivity index (χ1v) is 2.28. The van der Waals surface area contributed by atoms with E-state index in [1.807, 2.05) is 0 Å². The van der Waals surface area contributed by atoms with Crippen molar-refractivity contribution in [3.05, 3.63) is 10.3 Å². The summed E-state index contributed by atoms with van der Waals surface area (Å²) in [5.74, 6) is 0. The molecule has 0 atom stereocenters. The van der Waals surface area contributed by atoms with Gasteiger partial charge in [-0.15, -0.1) is 5.10 Å². The quantitative estimate of drug-likeness (QED) is 0.492. The Morgan fingerprint density at radius 1 is 1.75 bits per heavy atom. The third kappa shape index (κ3) is 0.611. The number of rotatable bonds is 0. The van der Waals surface area contributed by atoms with Crippen molar-refractivity contribution in [2.24, 2.45) is 0 Å². The van der Waals surface area contributed by atoms with Gasteiger partial charge in [0.15, 0.2) is 10.3 Å². The molecule has 1 aromatic rings. The molecule has 0 fully saturated rings. The summed E-state index contributed by atoms with van der Waals surface area (Å²) in [6.07, 6.45) is 0. The highest BCUT2D eigenvalue weighted by Gasteiger charge is 1.91. The lowest BCUT2D eigenvalue weighted by Gasteiger charge is -1.62. The molecule has 0 radical (unpaired) electrons. The van der Waals surface area contributed by atoms with E-state index in [0.717, 1.165) is 0 Å². The molecule has 0 bridgehead atoms. The molecule has 0 saturated heterocycles. The molecule has 0 aliphatic heterocycles. The predicted molar refractivity (Wildman–Crippen MR) is 28.5 cm³/mol. The molecule has 1 aromatic heterocycles. The Morgan fingerprint density at radius 3 is 2.75 bits per heavy atom. The van der Waals surface area contributed by atoms with Crippen molar-refractivity contribution < 1.29 is 0 Å². The smallest absolute Gasteiger partial charge is 0.198 e. The zero-order chi connectivity index (χ0) is 5.98. The predicted octanol–water partition coefficient (Wildman–Crippen LogP) is 0.339. The van der Waals surface area contributed by atoms with Crippen LogP contribution in [0.2, 0.25) is 0 Å². The van der Waals surface area contributed by atoms with Gasteiger partial charge >= 0.3 is 0 Å². The number of aromatic amines is 2. The molecule has 1 rings (SSSR count). The summed E-state index contributed by atoms with van der Waals surface area (Å²) in [6, 6.07) is 1.80. The second kappa shape index (κ2) is 1.76. The lowest BCUT2D eigenvalue weighted by molar-refractivity contribution is 0.932. The Balaban J connectivity index is 3.37. The Bertz CT molecular complexity index is 263. The van der Waals surface area contributed by atoms with Crippen LogP contribution in [-0.4, -0.2) is 15.4 Å². The Hall–Kier alpha value is -1.15. The summed E-state index contributed by atoms with van der Waals surface area (Å²) >= 11 is 4.61.